The number of hydrogen-bond donors (Lipinski definition) is 0. The van der Waals surface area contributed by atoms with E-state index in [1.807, 2.05) is 20.8 Å². The van der Waals surface area contributed by atoms with E-state index in [9.17, 15) is 9.59 Å². The minimum atomic E-state index is -0.346. The quantitative estimate of drug-likeness (QED) is 0.0797. The van der Waals surface area contributed by atoms with Gasteiger partial charge in [-0.1, -0.05) is 102 Å². The van der Waals surface area contributed by atoms with E-state index in [2.05, 4.69) is 19.9 Å². The highest BCUT2D eigenvalue weighted by molar-refractivity contribution is 5.74. The molecule has 0 atom stereocenters. The standard InChI is InChI=1S/C33H54O4/c1-8-9-10-11-12-13-14-15-16-17-18-19-20-21-22-25(2)23-24-31-28(5)32(36-29(6)34)26(3)27(4)33(31)37-30(7)35/h23H,8-22,24H2,1-7H3. The van der Waals surface area contributed by atoms with Gasteiger partial charge in [-0.05, 0) is 63.6 Å². The Morgan fingerprint density at radius 3 is 1.46 bits per heavy atom. The number of ether oxygens (including phenoxy) is 2. The molecule has 0 saturated heterocycles. The van der Waals surface area contributed by atoms with Crippen molar-refractivity contribution < 1.29 is 19.1 Å². The summed E-state index contributed by atoms with van der Waals surface area (Å²) < 4.78 is 11.1. The smallest absolute Gasteiger partial charge is 0.308 e. The molecule has 4 nitrogen and oxygen atoms in total. The summed E-state index contributed by atoms with van der Waals surface area (Å²) in [5, 5.41) is 0. The predicted molar refractivity (Wildman–Crippen MR) is 156 cm³/mol. The van der Waals surface area contributed by atoms with Gasteiger partial charge in [0.15, 0.2) is 0 Å². The van der Waals surface area contributed by atoms with E-state index < -0.39 is 0 Å². The number of benzene rings is 1. The zero-order valence-electron chi connectivity index (χ0n) is 25.0. The van der Waals surface area contributed by atoms with Crippen molar-refractivity contribution in [1.29, 1.82) is 0 Å². The Morgan fingerprint density at radius 1 is 0.595 bits per heavy atom. The summed E-state index contributed by atoms with van der Waals surface area (Å²) in [5.41, 5.74) is 4.78. The average molecular weight is 515 g/mol. The Morgan fingerprint density at radius 2 is 1.00 bits per heavy atom. The first kappa shape index (κ1) is 32.9. The molecule has 0 fully saturated rings. The Bertz CT molecular complexity index is 866. The van der Waals surface area contributed by atoms with Crippen LogP contribution in [0.2, 0.25) is 0 Å². The summed E-state index contributed by atoms with van der Waals surface area (Å²) in [6.07, 6.45) is 23.1. The first-order valence-electron chi connectivity index (χ1n) is 14.8. The number of hydrogen-bond acceptors (Lipinski definition) is 4. The van der Waals surface area contributed by atoms with E-state index in [4.69, 9.17) is 9.47 Å². The highest BCUT2D eigenvalue weighted by Crippen LogP contribution is 2.38. The van der Waals surface area contributed by atoms with Crippen LogP contribution in [0.3, 0.4) is 0 Å². The van der Waals surface area contributed by atoms with Crippen LogP contribution in [-0.4, -0.2) is 11.9 Å². The molecule has 0 aliphatic heterocycles. The number of carbonyl (C=O) groups is 2. The maximum Gasteiger partial charge on any atom is 0.308 e. The van der Waals surface area contributed by atoms with Gasteiger partial charge in [0.25, 0.3) is 0 Å². The van der Waals surface area contributed by atoms with Crippen LogP contribution >= 0.6 is 0 Å². The zero-order chi connectivity index (χ0) is 27.6. The lowest BCUT2D eigenvalue weighted by Gasteiger charge is -2.20. The Kier molecular flexibility index (Phi) is 16.9. The third kappa shape index (κ3) is 13.3. The lowest BCUT2D eigenvalue weighted by atomic mass is 9.94. The van der Waals surface area contributed by atoms with Crippen molar-refractivity contribution in [2.24, 2.45) is 0 Å². The lowest BCUT2D eigenvalue weighted by Crippen LogP contribution is -2.11. The van der Waals surface area contributed by atoms with E-state index >= 15 is 0 Å². The summed E-state index contributed by atoms with van der Waals surface area (Å²) in [4.78, 5) is 23.4. The summed E-state index contributed by atoms with van der Waals surface area (Å²) in [5.74, 6) is 0.487. The molecule has 1 rings (SSSR count). The Hall–Kier alpha value is -2.10. The van der Waals surface area contributed by atoms with Crippen molar-refractivity contribution in [3.63, 3.8) is 0 Å². The fraction of sp³-hybridized carbons (Fsp3) is 0.697. The number of rotatable bonds is 19. The zero-order valence-corrected chi connectivity index (χ0v) is 25.0. The number of carbonyl (C=O) groups excluding carboxylic acids is 2. The Labute approximate surface area is 227 Å². The van der Waals surface area contributed by atoms with Crippen molar-refractivity contribution >= 4 is 11.9 Å². The minimum Gasteiger partial charge on any atom is -0.426 e. The minimum absolute atomic E-state index is 0.341. The fourth-order valence-corrected chi connectivity index (χ4v) is 4.96. The molecule has 0 aromatic heterocycles. The molecule has 1 aromatic rings. The number of unbranched alkanes of at least 4 members (excludes halogenated alkanes) is 13. The van der Waals surface area contributed by atoms with Crippen LogP contribution in [0.15, 0.2) is 11.6 Å². The summed E-state index contributed by atoms with van der Waals surface area (Å²) in [6, 6.07) is 0. The maximum absolute atomic E-state index is 11.8. The molecule has 0 saturated carbocycles. The molecule has 0 heterocycles. The molecule has 37 heavy (non-hydrogen) atoms. The maximum atomic E-state index is 11.8. The van der Waals surface area contributed by atoms with E-state index in [0.717, 1.165) is 28.7 Å². The third-order valence-electron chi connectivity index (χ3n) is 7.38. The molecule has 4 heteroatoms. The van der Waals surface area contributed by atoms with Gasteiger partial charge in [-0.3, -0.25) is 9.59 Å². The van der Waals surface area contributed by atoms with E-state index in [1.165, 1.54) is 109 Å². The second kappa shape index (κ2) is 19.0. The lowest BCUT2D eigenvalue weighted by molar-refractivity contribution is -0.133. The summed E-state index contributed by atoms with van der Waals surface area (Å²) >= 11 is 0. The molecule has 0 aliphatic rings. The van der Waals surface area contributed by atoms with Gasteiger partial charge in [0.2, 0.25) is 0 Å². The van der Waals surface area contributed by atoms with Gasteiger partial charge in [-0.25, -0.2) is 0 Å². The SMILES string of the molecule is CCCCCCCCCCCCCCCCC(C)=CCc1c(C)c(OC(C)=O)c(C)c(C)c1OC(C)=O. The number of esters is 2. The molecular formula is C33H54O4. The number of allylic oxidation sites excluding steroid dienone is 2. The predicted octanol–water partition coefficient (Wildman–Crippen LogP) is 9.82. The highest BCUT2D eigenvalue weighted by atomic mass is 16.5. The molecule has 0 N–H and O–H groups in total. The third-order valence-corrected chi connectivity index (χ3v) is 7.38. The van der Waals surface area contributed by atoms with Crippen LogP contribution in [0.4, 0.5) is 0 Å². The van der Waals surface area contributed by atoms with Crippen molar-refractivity contribution in [3.05, 3.63) is 33.9 Å². The molecule has 1 aromatic carbocycles. The topological polar surface area (TPSA) is 52.6 Å². The van der Waals surface area contributed by atoms with Crippen LogP contribution in [0.25, 0.3) is 0 Å². The van der Waals surface area contributed by atoms with Gasteiger partial charge in [-0.15, -0.1) is 0 Å². The van der Waals surface area contributed by atoms with E-state index in [1.54, 1.807) is 0 Å². The average Bonchev–Trinajstić information content (AvgIpc) is 2.84. The van der Waals surface area contributed by atoms with Crippen molar-refractivity contribution in [1.82, 2.24) is 0 Å². The van der Waals surface area contributed by atoms with Crippen LogP contribution < -0.4 is 9.47 Å². The molecule has 210 valence electrons. The highest BCUT2D eigenvalue weighted by Gasteiger charge is 2.21. The van der Waals surface area contributed by atoms with Crippen molar-refractivity contribution in [2.45, 2.75) is 151 Å². The van der Waals surface area contributed by atoms with Gasteiger partial charge < -0.3 is 9.47 Å². The summed E-state index contributed by atoms with van der Waals surface area (Å²) in [7, 11) is 0. The Balaban J connectivity index is 2.46. The van der Waals surface area contributed by atoms with Gasteiger partial charge in [0.05, 0.1) is 0 Å². The van der Waals surface area contributed by atoms with Crippen LogP contribution in [0.5, 0.6) is 11.5 Å². The monoisotopic (exact) mass is 514 g/mol. The molecule has 0 aliphatic carbocycles. The van der Waals surface area contributed by atoms with Gasteiger partial charge >= 0.3 is 11.9 Å². The summed E-state index contributed by atoms with van der Waals surface area (Å²) in [6.45, 7) is 13.0. The molecular weight excluding hydrogens is 460 g/mol. The second-order valence-electron chi connectivity index (χ2n) is 10.8. The van der Waals surface area contributed by atoms with Crippen molar-refractivity contribution in [3.8, 4) is 11.5 Å². The normalized spacial score (nSPS) is 11.6. The van der Waals surface area contributed by atoms with Gasteiger partial charge in [-0.2, -0.15) is 0 Å². The second-order valence-corrected chi connectivity index (χ2v) is 10.8. The van der Waals surface area contributed by atoms with Crippen molar-refractivity contribution in [2.75, 3.05) is 0 Å². The van der Waals surface area contributed by atoms with Crippen LogP contribution in [0.1, 0.15) is 146 Å². The van der Waals surface area contributed by atoms with E-state index in [-0.39, 0.29) is 11.9 Å². The fourth-order valence-electron chi connectivity index (χ4n) is 4.96. The first-order chi connectivity index (χ1) is 17.7. The first-order valence-corrected chi connectivity index (χ1v) is 14.8. The molecule has 0 radical (unpaired) electrons. The largest absolute Gasteiger partial charge is 0.426 e. The van der Waals surface area contributed by atoms with Crippen LogP contribution in [-0.2, 0) is 16.0 Å². The van der Waals surface area contributed by atoms with E-state index in [0.29, 0.717) is 17.9 Å². The van der Waals surface area contributed by atoms with Crippen LogP contribution in [0, 0.1) is 20.8 Å². The molecule has 0 spiro atoms. The van der Waals surface area contributed by atoms with Gasteiger partial charge in [0, 0.05) is 19.4 Å². The van der Waals surface area contributed by atoms with Gasteiger partial charge in [0.1, 0.15) is 11.5 Å². The molecule has 0 unspecified atom stereocenters. The molecule has 0 bridgehead atoms. The molecule has 0 amide bonds.